The second kappa shape index (κ2) is 9.02. The number of amides is 1. The maximum Gasteiger partial charge on any atom is 0.410 e. The molecule has 1 saturated heterocycles. The second-order valence-electron chi connectivity index (χ2n) is 7.79. The topological polar surface area (TPSA) is 96.0 Å². The monoisotopic (exact) mass is 411 g/mol. The number of Topliss-reactive ketones (excluding diaryl/α,β-unsaturated/α-hetero) is 1. The highest BCUT2D eigenvalue weighted by Crippen LogP contribution is 2.13. The number of benzene rings is 1. The molecule has 156 valence electrons. The number of nitrogens with zero attached hydrogens (tertiary/aromatic N) is 2. The van der Waals surface area contributed by atoms with Crippen molar-refractivity contribution in [2.45, 2.75) is 38.2 Å². The van der Waals surface area contributed by atoms with E-state index in [1.807, 2.05) is 20.8 Å². The molecule has 0 aromatic heterocycles. The van der Waals surface area contributed by atoms with E-state index in [-0.39, 0.29) is 23.3 Å². The van der Waals surface area contributed by atoms with Crippen molar-refractivity contribution in [1.82, 2.24) is 14.5 Å². The van der Waals surface area contributed by atoms with Gasteiger partial charge < -0.3 is 9.64 Å². The molecule has 1 amide bonds. The van der Waals surface area contributed by atoms with Crippen molar-refractivity contribution in [2.24, 2.45) is 0 Å². The third-order valence-corrected chi connectivity index (χ3v) is 5.75. The summed E-state index contributed by atoms with van der Waals surface area (Å²) in [7, 11) is -3.68. The molecule has 1 fully saturated rings. The number of ether oxygens (including phenoxy) is 1. The number of piperazine rings is 1. The van der Waals surface area contributed by atoms with E-state index in [4.69, 9.17) is 4.74 Å². The molecule has 0 radical (unpaired) electrons. The smallest absolute Gasteiger partial charge is 0.410 e. The van der Waals surface area contributed by atoms with Gasteiger partial charge in [-0.3, -0.25) is 9.69 Å². The Kier molecular flexibility index (Phi) is 7.19. The summed E-state index contributed by atoms with van der Waals surface area (Å²) in [5, 5.41) is 0. The largest absolute Gasteiger partial charge is 0.444 e. The number of rotatable bonds is 6. The van der Waals surface area contributed by atoms with Crippen molar-refractivity contribution in [1.29, 1.82) is 0 Å². The van der Waals surface area contributed by atoms with Crippen LogP contribution in [0.5, 0.6) is 0 Å². The minimum Gasteiger partial charge on any atom is -0.444 e. The Balaban J connectivity index is 1.80. The molecule has 1 aliphatic heterocycles. The van der Waals surface area contributed by atoms with Crippen LogP contribution in [0.1, 0.15) is 38.1 Å². The number of hydrogen-bond acceptors (Lipinski definition) is 6. The summed E-state index contributed by atoms with van der Waals surface area (Å²) in [5.41, 5.74) is -0.159. The van der Waals surface area contributed by atoms with Crippen LogP contribution in [0.3, 0.4) is 0 Å². The Labute approximate surface area is 166 Å². The third kappa shape index (κ3) is 6.57. The number of ketones is 1. The fraction of sp³-hybridized carbons (Fsp3) is 0.579. The van der Waals surface area contributed by atoms with Gasteiger partial charge in [-0.05, 0) is 39.8 Å². The van der Waals surface area contributed by atoms with Gasteiger partial charge >= 0.3 is 6.09 Å². The van der Waals surface area contributed by atoms with Crippen LogP contribution in [0.25, 0.3) is 0 Å². The molecule has 0 saturated carbocycles. The lowest BCUT2D eigenvalue weighted by Gasteiger charge is -2.35. The normalized spacial score (nSPS) is 16.1. The zero-order chi connectivity index (χ0) is 20.9. The van der Waals surface area contributed by atoms with Gasteiger partial charge in [-0.15, -0.1) is 0 Å². The molecule has 0 unspecified atom stereocenters. The van der Waals surface area contributed by atoms with E-state index in [1.165, 1.54) is 19.1 Å². The Bertz CT molecular complexity index is 809. The summed E-state index contributed by atoms with van der Waals surface area (Å²) in [5.74, 6) is -0.181. The molecule has 8 nitrogen and oxygen atoms in total. The summed E-state index contributed by atoms with van der Waals surface area (Å²) in [6.45, 7) is 10.1. The summed E-state index contributed by atoms with van der Waals surface area (Å²) < 4.78 is 32.8. The molecule has 1 aliphatic rings. The van der Waals surface area contributed by atoms with Gasteiger partial charge in [0.2, 0.25) is 10.0 Å². The van der Waals surface area contributed by atoms with Crippen molar-refractivity contribution in [3.05, 3.63) is 29.8 Å². The first-order chi connectivity index (χ1) is 13.0. The van der Waals surface area contributed by atoms with E-state index in [9.17, 15) is 18.0 Å². The molecular weight excluding hydrogens is 382 g/mol. The van der Waals surface area contributed by atoms with E-state index in [1.54, 1.807) is 17.0 Å². The zero-order valence-corrected chi connectivity index (χ0v) is 17.7. The summed E-state index contributed by atoms with van der Waals surface area (Å²) in [6.07, 6.45) is -0.321. The van der Waals surface area contributed by atoms with Crippen molar-refractivity contribution >= 4 is 21.9 Å². The van der Waals surface area contributed by atoms with Gasteiger partial charge in [-0.25, -0.2) is 17.9 Å². The SMILES string of the molecule is CC(=O)c1cccc(S(=O)(=O)NCCN2CCN(C(=O)OC(C)(C)C)CC2)c1. The Morgan fingerprint density at radius 1 is 1.14 bits per heavy atom. The van der Waals surface area contributed by atoms with Crippen LogP contribution in [0, 0.1) is 0 Å². The minimum atomic E-state index is -3.68. The average Bonchev–Trinajstić information content (AvgIpc) is 2.61. The molecule has 28 heavy (non-hydrogen) atoms. The number of carbonyl (C=O) groups is 2. The van der Waals surface area contributed by atoms with E-state index in [0.29, 0.717) is 38.3 Å². The van der Waals surface area contributed by atoms with E-state index < -0.39 is 15.6 Å². The highest BCUT2D eigenvalue weighted by atomic mass is 32.2. The van der Waals surface area contributed by atoms with Crippen molar-refractivity contribution in [3.63, 3.8) is 0 Å². The summed E-state index contributed by atoms with van der Waals surface area (Å²) in [4.78, 5) is 27.3. The van der Waals surface area contributed by atoms with Gasteiger partial charge in [0.25, 0.3) is 0 Å². The van der Waals surface area contributed by atoms with Crippen molar-refractivity contribution in [3.8, 4) is 0 Å². The van der Waals surface area contributed by atoms with Gasteiger partial charge in [-0.2, -0.15) is 0 Å². The molecule has 1 aromatic rings. The highest BCUT2D eigenvalue weighted by Gasteiger charge is 2.26. The second-order valence-corrected chi connectivity index (χ2v) is 9.56. The van der Waals surface area contributed by atoms with Crippen LogP contribution in [0.15, 0.2) is 29.2 Å². The maximum absolute atomic E-state index is 12.4. The molecule has 0 atom stereocenters. The van der Waals surface area contributed by atoms with E-state index in [0.717, 1.165) is 0 Å². The number of sulfonamides is 1. The minimum absolute atomic E-state index is 0.0787. The first-order valence-corrected chi connectivity index (χ1v) is 10.8. The molecule has 1 heterocycles. The standard InChI is InChI=1S/C19H29N3O5S/c1-15(23)16-6-5-7-17(14-16)28(25,26)20-8-9-21-10-12-22(13-11-21)18(24)27-19(2,3)4/h5-7,14,20H,8-13H2,1-4H3. The fourth-order valence-corrected chi connectivity index (χ4v) is 3.85. The van der Waals surface area contributed by atoms with Crippen molar-refractivity contribution in [2.75, 3.05) is 39.3 Å². The predicted molar refractivity (Wildman–Crippen MR) is 106 cm³/mol. The molecular formula is C19H29N3O5S. The van der Waals surface area contributed by atoms with E-state index in [2.05, 4.69) is 9.62 Å². The lowest BCUT2D eigenvalue weighted by atomic mass is 10.2. The van der Waals surface area contributed by atoms with Gasteiger partial charge in [0.05, 0.1) is 4.90 Å². The highest BCUT2D eigenvalue weighted by molar-refractivity contribution is 7.89. The van der Waals surface area contributed by atoms with Crippen LogP contribution < -0.4 is 4.72 Å². The number of carbonyl (C=O) groups excluding carboxylic acids is 2. The Morgan fingerprint density at radius 3 is 2.36 bits per heavy atom. The molecule has 0 spiro atoms. The molecule has 0 bridgehead atoms. The fourth-order valence-electron chi connectivity index (χ4n) is 2.78. The van der Waals surface area contributed by atoms with Crippen LogP contribution in [-0.2, 0) is 14.8 Å². The zero-order valence-electron chi connectivity index (χ0n) is 16.9. The lowest BCUT2D eigenvalue weighted by Crippen LogP contribution is -2.51. The van der Waals surface area contributed by atoms with Gasteiger partial charge in [0.1, 0.15) is 5.60 Å². The third-order valence-electron chi connectivity index (χ3n) is 4.29. The predicted octanol–water partition coefficient (Wildman–Crippen LogP) is 1.72. The molecule has 0 aliphatic carbocycles. The van der Waals surface area contributed by atoms with Gasteiger partial charge in [-0.1, -0.05) is 12.1 Å². The summed E-state index contributed by atoms with van der Waals surface area (Å²) in [6, 6.07) is 5.99. The number of nitrogens with one attached hydrogen (secondary N) is 1. The van der Waals surface area contributed by atoms with Gasteiger partial charge in [0, 0.05) is 44.8 Å². The molecule has 1 aromatic carbocycles. The van der Waals surface area contributed by atoms with Crippen LogP contribution in [0.2, 0.25) is 0 Å². The average molecular weight is 412 g/mol. The lowest BCUT2D eigenvalue weighted by molar-refractivity contribution is 0.0147. The van der Waals surface area contributed by atoms with Gasteiger partial charge in [0.15, 0.2) is 5.78 Å². The summed E-state index contributed by atoms with van der Waals surface area (Å²) >= 11 is 0. The quantitative estimate of drug-likeness (QED) is 0.716. The first-order valence-electron chi connectivity index (χ1n) is 9.29. The maximum atomic E-state index is 12.4. The molecule has 2 rings (SSSR count). The van der Waals surface area contributed by atoms with Crippen LogP contribution in [0.4, 0.5) is 4.79 Å². The Hall–Kier alpha value is -1.97. The van der Waals surface area contributed by atoms with Crippen LogP contribution >= 0.6 is 0 Å². The first kappa shape index (κ1) is 22.3. The Morgan fingerprint density at radius 2 is 1.79 bits per heavy atom. The molecule has 9 heteroatoms. The van der Waals surface area contributed by atoms with Crippen molar-refractivity contribution < 1.29 is 22.7 Å². The molecule has 1 N–H and O–H groups in total. The van der Waals surface area contributed by atoms with E-state index >= 15 is 0 Å². The van der Waals surface area contributed by atoms with Crippen LogP contribution in [-0.4, -0.2) is 75.0 Å². The number of hydrogen-bond donors (Lipinski definition) is 1.